The van der Waals surface area contributed by atoms with Gasteiger partial charge in [-0.3, -0.25) is 4.79 Å². The fourth-order valence-corrected chi connectivity index (χ4v) is 6.87. The Morgan fingerprint density at radius 1 is 0.952 bits per heavy atom. The standard InChI is InChI=1S/C14H32P.C3H7NO2/c1-5-9-12-15(8-4,13-10-6-2)14-11-7-3;1-2(4)3(5)6/h5-14H2,1-4H3;2H,4H2,1H3,(H,5,6). The van der Waals surface area contributed by atoms with Crippen molar-refractivity contribution in [2.45, 2.75) is 79.2 Å². The Morgan fingerprint density at radius 3 is 1.38 bits per heavy atom. The van der Waals surface area contributed by atoms with E-state index in [9.17, 15) is 4.79 Å². The molecule has 0 bridgehead atoms. The second-order valence-electron chi connectivity index (χ2n) is 6.02. The molecular formula is C17H39NO2P. The first-order valence-corrected chi connectivity index (χ1v) is 11.3. The molecule has 0 saturated heterocycles. The molecule has 0 fully saturated rings. The van der Waals surface area contributed by atoms with Crippen LogP contribution in [-0.2, 0) is 4.79 Å². The summed E-state index contributed by atoms with van der Waals surface area (Å²) in [6.45, 7) is 10.9. The van der Waals surface area contributed by atoms with Crippen molar-refractivity contribution in [1.29, 1.82) is 0 Å². The molecule has 3 N–H and O–H groups in total. The summed E-state index contributed by atoms with van der Waals surface area (Å²) < 4.78 is 0. The second kappa shape index (κ2) is 14.8. The number of nitrogens with two attached hydrogens (primary N) is 1. The van der Waals surface area contributed by atoms with Crippen molar-refractivity contribution in [3.8, 4) is 0 Å². The van der Waals surface area contributed by atoms with Crippen molar-refractivity contribution in [2.24, 2.45) is 5.73 Å². The lowest BCUT2D eigenvalue weighted by Gasteiger charge is -2.36. The van der Waals surface area contributed by atoms with Gasteiger partial charge in [0.1, 0.15) is 6.04 Å². The molecule has 0 aliphatic carbocycles. The number of carbonyl (C=O) groups is 1. The average Bonchev–Trinajstić information content (AvgIpc) is 2.47. The monoisotopic (exact) mass is 320 g/mol. The highest BCUT2D eigenvalue weighted by atomic mass is 31.2. The molecule has 21 heavy (non-hydrogen) atoms. The summed E-state index contributed by atoms with van der Waals surface area (Å²) >= 11 is 0. The van der Waals surface area contributed by atoms with Crippen molar-refractivity contribution in [1.82, 2.24) is 0 Å². The predicted octanol–water partition coefficient (Wildman–Crippen LogP) is 4.84. The van der Waals surface area contributed by atoms with E-state index in [-0.39, 0.29) is 0 Å². The first-order valence-electron chi connectivity index (χ1n) is 8.72. The summed E-state index contributed by atoms with van der Waals surface area (Å²) in [6.07, 6.45) is 14.9. The molecule has 3 nitrogen and oxygen atoms in total. The van der Waals surface area contributed by atoms with E-state index in [0.29, 0.717) is 0 Å². The van der Waals surface area contributed by atoms with E-state index in [0.717, 1.165) is 0 Å². The van der Waals surface area contributed by atoms with Gasteiger partial charge in [-0.25, -0.2) is 0 Å². The minimum absolute atomic E-state index is 0.527. The Balaban J connectivity index is 0. The van der Waals surface area contributed by atoms with Crippen LogP contribution < -0.4 is 5.73 Å². The lowest BCUT2D eigenvalue weighted by Crippen LogP contribution is -2.25. The maximum atomic E-state index is 9.57. The van der Waals surface area contributed by atoms with E-state index in [4.69, 9.17) is 10.8 Å². The van der Waals surface area contributed by atoms with E-state index in [1.807, 2.05) is 0 Å². The third-order valence-electron chi connectivity index (χ3n) is 4.02. The highest BCUT2D eigenvalue weighted by Gasteiger charge is 2.22. The number of carboxylic acid groups (broad SMARTS) is 1. The molecule has 0 aromatic carbocycles. The molecule has 0 aromatic rings. The molecule has 0 rings (SSSR count). The Morgan fingerprint density at radius 2 is 1.24 bits per heavy atom. The highest BCUT2D eigenvalue weighted by Crippen LogP contribution is 2.60. The van der Waals surface area contributed by atoms with E-state index in [1.54, 1.807) is 18.5 Å². The van der Waals surface area contributed by atoms with E-state index in [1.165, 1.54) is 51.6 Å². The van der Waals surface area contributed by atoms with Gasteiger partial charge < -0.3 is 10.8 Å². The van der Waals surface area contributed by atoms with E-state index < -0.39 is 19.3 Å². The quantitative estimate of drug-likeness (QED) is 0.535. The maximum Gasteiger partial charge on any atom is 0.320 e. The van der Waals surface area contributed by atoms with Crippen LogP contribution in [0.15, 0.2) is 0 Å². The summed E-state index contributed by atoms with van der Waals surface area (Å²) in [5.41, 5.74) is 4.84. The van der Waals surface area contributed by atoms with Gasteiger partial charge >= 0.3 is 5.97 Å². The van der Waals surface area contributed by atoms with Gasteiger partial charge in [-0.2, -0.15) is 0 Å². The molecule has 0 amide bonds. The number of hydrogen-bond acceptors (Lipinski definition) is 2. The Kier molecular flexibility index (Phi) is 16.3. The fourth-order valence-electron chi connectivity index (χ4n) is 2.29. The van der Waals surface area contributed by atoms with E-state index in [2.05, 4.69) is 27.7 Å². The zero-order valence-corrected chi connectivity index (χ0v) is 15.9. The van der Waals surface area contributed by atoms with Crippen LogP contribution in [0, 0.1) is 0 Å². The number of rotatable bonds is 11. The van der Waals surface area contributed by atoms with Crippen molar-refractivity contribution < 1.29 is 9.90 Å². The summed E-state index contributed by atoms with van der Waals surface area (Å²) in [4.78, 5) is 9.57. The topological polar surface area (TPSA) is 63.3 Å². The number of unbranched alkanes of at least 4 members (excludes halogenated alkanes) is 3. The fraction of sp³-hybridized carbons (Fsp3) is 0.941. The van der Waals surface area contributed by atoms with Crippen molar-refractivity contribution >= 4 is 13.2 Å². The molecule has 0 heterocycles. The normalized spacial score (nSPS) is 12.5. The van der Waals surface area contributed by atoms with Crippen molar-refractivity contribution in [3.63, 3.8) is 0 Å². The third-order valence-corrected chi connectivity index (χ3v) is 9.15. The summed E-state index contributed by atoms with van der Waals surface area (Å²) in [7, 11) is -0.527. The molecule has 1 radical (unpaired) electrons. The molecule has 1 unspecified atom stereocenters. The summed E-state index contributed by atoms with van der Waals surface area (Å²) in [5.74, 6) is -0.963. The number of carboxylic acids is 1. The van der Waals surface area contributed by atoms with Gasteiger partial charge in [0.05, 0.1) is 0 Å². The van der Waals surface area contributed by atoms with Crippen LogP contribution in [0.3, 0.4) is 0 Å². The molecule has 0 saturated carbocycles. The van der Waals surface area contributed by atoms with Crippen LogP contribution in [0.5, 0.6) is 0 Å². The van der Waals surface area contributed by atoms with E-state index >= 15 is 0 Å². The lowest BCUT2D eigenvalue weighted by molar-refractivity contribution is -0.138. The SMILES string of the molecule is CC(N)C(=O)O.CCCC[P](CC)(CCCC)CCCC. The first kappa shape index (κ1) is 23.1. The van der Waals surface area contributed by atoms with Crippen LogP contribution in [0.4, 0.5) is 0 Å². The number of hydrogen-bond donors (Lipinski definition) is 2. The Labute approximate surface area is 133 Å². The molecule has 0 aliphatic heterocycles. The molecule has 1 atom stereocenters. The average molecular weight is 320 g/mol. The van der Waals surface area contributed by atoms with Crippen molar-refractivity contribution in [3.05, 3.63) is 0 Å². The molecule has 4 heteroatoms. The Hall–Kier alpha value is -0.140. The molecule has 129 valence electrons. The summed E-state index contributed by atoms with van der Waals surface area (Å²) in [5, 5.41) is 7.87. The molecule has 0 aliphatic rings. The zero-order valence-electron chi connectivity index (χ0n) is 15.0. The van der Waals surface area contributed by atoms with Gasteiger partial charge in [0.25, 0.3) is 0 Å². The second-order valence-corrected chi connectivity index (χ2v) is 10.7. The Bertz CT molecular complexity index is 223. The highest BCUT2D eigenvalue weighted by molar-refractivity contribution is 7.75. The van der Waals surface area contributed by atoms with Gasteiger partial charge in [-0.15, -0.1) is 7.26 Å². The van der Waals surface area contributed by atoms with Gasteiger partial charge in [0, 0.05) is 0 Å². The third kappa shape index (κ3) is 13.3. The van der Waals surface area contributed by atoms with Gasteiger partial charge in [-0.05, 0) is 50.8 Å². The van der Waals surface area contributed by atoms with Crippen LogP contribution >= 0.6 is 7.26 Å². The maximum absolute atomic E-state index is 9.57. The lowest BCUT2D eigenvalue weighted by atomic mass is 10.4. The first-order chi connectivity index (χ1) is 9.89. The van der Waals surface area contributed by atoms with Gasteiger partial charge in [0.15, 0.2) is 0 Å². The van der Waals surface area contributed by atoms with Crippen LogP contribution in [0.25, 0.3) is 0 Å². The predicted molar refractivity (Wildman–Crippen MR) is 98.1 cm³/mol. The molecular weight excluding hydrogens is 281 g/mol. The number of aliphatic carboxylic acids is 1. The van der Waals surface area contributed by atoms with Crippen molar-refractivity contribution in [2.75, 3.05) is 24.6 Å². The molecule has 0 spiro atoms. The van der Waals surface area contributed by atoms with Crippen LogP contribution in [0.1, 0.15) is 73.1 Å². The minimum atomic E-state index is -0.963. The van der Waals surface area contributed by atoms with Crippen LogP contribution in [0.2, 0.25) is 0 Å². The minimum Gasteiger partial charge on any atom is -0.480 e. The van der Waals surface area contributed by atoms with Gasteiger partial charge in [-0.1, -0.05) is 47.0 Å². The van der Waals surface area contributed by atoms with Crippen LogP contribution in [-0.4, -0.2) is 41.8 Å². The molecule has 0 aromatic heterocycles. The smallest absolute Gasteiger partial charge is 0.320 e. The summed E-state index contributed by atoms with van der Waals surface area (Å²) in [6, 6.07) is -0.731. The van der Waals surface area contributed by atoms with Gasteiger partial charge in [0.2, 0.25) is 0 Å². The largest absolute Gasteiger partial charge is 0.480 e. The zero-order chi connectivity index (χ0) is 16.7.